The third-order valence-corrected chi connectivity index (χ3v) is 0.756. The number of aromatic hydroxyl groups is 1. The van der Waals surface area contributed by atoms with Crippen molar-refractivity contribution in [2.45, 2.75) is 0 Å². The van der Waals surface area contributed by atoms with Crippen molar-refractivity contribution < 1.29 is 5.11 Å². The van der Waals surface area contributed by atoms with E-state index in [-0.39, 0.29) is 103 Å². The van der Waals surface area contributed by atoms with Crippen molar-refractivity contribution in [2.75, 3.05) is 0 Å². The molecule has 0 saturated carbocycles. The molecule has 0 amide bonds. The standard InChI is InChI=1S/C6H6O.2K.2H/c7-6-4-2-1-3-5-6;;;;/h1-5,7H;;;;. The summed E-state index contributed by atoms with van der Waals surface area (Å²) in [7, 11) is 0. The Kier molecular flexibility index (Phi) is 12.9. The Bertz CT molecular complexity index is 141. The molecule has 0 saturated heterocycles. The van der Waals surface area contributed by atoms with Crippen LogP contribution in [-0.2, 0) is 0 Å². The monoisotopic (exact) mass is 174 g/mol. The van der Waals surface area contributed by atoms with Crippen molar-refractivity contribution in [3.63, 3.8) is 0 Å². The molecule has 0 fully saturated rings. The predicted molar refractivity (Wildman–Crippen MR) is 42.4 cm³/mol. The first kappa shape index (κ1) is 13.9. The second-order valence-corrected chi connectivity index (χ2v) is 1.34. The average molecular weight is 174 g/mol. The minimum absolute atomic E-state index is 0. The summed E-state index contributed by atoms with van der Waals surface area (Å²) in [6.45, 7) is 0. The van der Waals surface area contributed by atoms with Crippen molar-refractivity contribution in [3.8, 4) is 5.75 Å². The molecule has 0 aliphatic rings. The van der Waals surface area contributed by atoms with Gasteiger partial charge < -0.3 is 5.11 Å². The van der Waals surface area contributed by atoms with Gasteiger partial charge in [-0.15, -0.1) is 0 Å². The van der Waals surface area contributed by atoms with E-state index in [9.17, 15) is 0 Å². The van der Waals surface area contributed by atoms with Crippen LogP contribution < -0.4 is 0 Å². The fourth-order valence-corrected chi connectivity index (χ4v) is 0.428. The number of para-hydroxylation sites is 1. The van der Waals surface area contributed by atoms with Gasteiger partial charge in [0.2, 0.25) is 0 Å². The predicted octanol–water partition coefficient (Wildman–Crippen LogP) is 0.0952. The van der Waals surface area contributed by atoms with Crippen LogP contribution in [-0.4, -0.2) is 108 Å². The van der Waals surface area contributed by atoms with Crippen LogP contribution in [0.15, 0.2) is 30.3 Å². The molecule has 1 aromatic rings. The van der Waals surface area contributed by atoms with Crippen molar-refractivity contribution in [2.24, 2.45) is 0 Å². The molecule has 0 heterocycles. The Morgan fingerprint density at radius 3 is 1.56 bits per heavy atom. The van der Waals surface area contributed by atoms with Crippen LogP contribution in [0.25, 0.3) is 0 Å². The molecular formula is C6H8K2O. The van der Waals surface area contributed by atoms with Gasteiger partial charge in [0.05, 0.1) is 0 Å². The summed E-state index contributed by atoms with van der Waals surface area (Å²) >= 11 is 0. The number of hydrogen-bond acceptors (Lipinski definition) is 1. The van der Waals surface area contributed by atoms with Crippen molar-refractivity contribution in [1.82, 2.24) is 0 Å². The SMILES string of the molecule is Oc1ccccc1.[KH].[KH]. The van der Waals surface area contributed by atoms with E-state index in [1.54, 1.807) is 24.3 Å². The fraction of sp³-hybridized carbons (Fsp3) is 0. The molecule has 0 radical (unpaired) electrons. The molecule has 40 valence electrons. The van der Waals surface area contributed by atoms with Crippen LogP contribution in [0.4, 0.5) is 0 Å². The molecule has 1 N–H and O–H groups in total. The van der Waals surface area contributed by atoms with Gasteiger partial charge in [0, 0.05) is 0 Å². The van der Waals surface area contributed by atoms with Gasteiger partial charge in [-0.2, -0.15) is 0 Å². The first-order valence-corrected chi connectivity index (χ1v) is 2.13. The van der Waals surface area contributed by atoms with Crippen molar-refractivity contribution in [1.29, 1.82) is 0 Å². The average Bonchev–Trinajstić information content (AvgIpc) is 1.69. The van der Waals surface area contributed by atoms with E-state index in [2.05, 4.69) is 0 Å². The number of benzene rings is 1. The van der Waals surface area contributed by atoms with Crippen molar-refractivity contribution >= 4 is 103 Å². The molecule has 1 nitrogen and oxygen atoms in total. The summed E-state index contributed by atoms with van der Waals surface area (Å²) in [4.78, 5) is 0. The molecule has 0 bridgehead atoms. The van der Waals surface area contributed by atoms with E-state index in [1.807, 2.05) is 6.07 Å². The number of phenolic OH excluding ortho intramolecular Hbond substituents is 1. The normalized spacial score (nSPS) is 6.67. The summed E-state index contributed by atoms with van der Waals surface area (Å²) in [5, 5.41) is 8.63. The van der Waals surface area contributed by atoms with E-state index in [0.717, 1.165) is 0 Å². The maximum atomic E-state index is 8.63. The Morgan fingerprint density at radius 2 is 1.33 bits per heavy atom. The topological polar surface area (TPSA) is 20.2 Å². The molecule has 0 atom stereocenters. The molecule has 0 unspecified atom stereocenters. The van der Waals surface area contributed by atoms with Crippen LogP contribution in [0.2, 0.25) is 0 Å². The molecule has 0 aliphatic heterocycles. The molecule has 0 spiro atoms. The quantitative estimate of drug-likeness (QED) is 0.553. The van der Waals surface area contributed by atoms with E-state index in [1.165, 1.54) is 0 Å². The molecule has 9 heavy (non-hydrogen) atoms. The molecule has 3 heteroatoms. The number of hydrogen-bond donors (Lipinski definition) is 1. The van der Waals surface area contributed by atoms with Crippen LogP contribution in [0, 0.1) is 0 Å². The second-order valence-electron chi connectivity index (χ2n) is 1.34. The number of phenols is 1. The van der Waals surface area contributed by atoms with E-state index < -0.39 is 0 Å². The maximum absolute atomic E-state index is 8.63. The Balaban J connectivity index is 0. The van der Waals surface area contributed by atoms with Gasteiger partial charge in [-0.25, -0.2) is 0 Å². The number of rotatable bonds is 0. The third kappa shape index (κ3) is 6.68. The van der Waals surface area contributed by atoms with Crippen LogP contribution in [0.3, 0.4) is 0 Å². The van der Waals surface area contributed by atoms with Gasteiger partial charge in [-0.1, -0.05) is 18.2 Å². The van der Waals surface area contributed by atoms with E-state index in [0.29, 0.717) is 5.75 Å². The zero-order chi connectivity index (χ0) is 5.11. The second kappa shape index (κ2) is 8.39. The Morgan fingerprint density at radius 1 is 0.889 bits per heavy atom. The van der Waals surface area contributed by atoms with Gasteiger partial charge in [-0.3, -0.25) is 0 Å². The van der Waals surface area contributed by atoms with Gasteiger partial charge in [0.25, 0.3) is 0 Å². The summed E-state index contributed by atoms with van der Waals surface area (Å²) in [6, 6.07) is 8.71. The zero-order valence-electron chi connectivity index (χ0n) is 3.83. The van der Waals surface area contributed by atoms with Crippen LogP contribution in [0.1, 0.15) is 0 Å². The third-order valence-electron chi connectivity index (χ3n) is 0.756. The van der Waals surface area contributed by atoms with Crippen LogP contribution >= 0.6 is 0 Å². The van der Waals surface area contributed by atoms with Gasteiger partial charge >= 0.3 is 103 Å². The summed E-state index contributed by atoms with van der Waals surface area (Å²) in [6.07, 6.45) is 0. The first-order chi connectivity index (χ1) is 3.39. The molecule has 1 rings (SSSR count). The van der Waals surface area contributed by atoms with Gasteiger partial charge in [0.15, 0.2) is 0 Å². The summed E-state index contributed by atoms with van der Waals surface area (Å²) < 4.78 is 0. The van der Waals surface area contributed by atoms with Crippen molar-refractivity contribution in [3.05, 3.63) is 30.3 Å². The molecule has 1 aromatic carbocycles. The zero-order valence-corrected chi connectivity index (χ0v) is 3.83. The first-order valence-electron chi connectivity index (χ1n) is 2.13. The molecule has 0 aliphatic carbocycles. The fourth-order valence-electron chi connectivity index (χ4n) is 0.428. The van der Waals surface area contributed by atoms with Crippen LogP contribution in [0.5, 0.6) is 5.75 Å². The molecule has 0 aromatic heterocycles. The minimum atomic E-state index is 0. The van der Waals surface area contributed by atoms with E-state index in [4.69, 9.17) is 5.11 Å². The summed E-state index contributed by atoms with van der Waals surface area (Å²) in [5.74, 6) is 0.322. The van der Waals surface area contributed by atoms with Gasteiger partial charge in [-0.05, 0) is 12.1 Å². The molecular weight excluding hydrogens is 166 g/mol. The Labute approximate surface area is 140 Å². The Hall–Kier alpha value is 2.29. The van der Waals surface area contributed by atoms with Gasteiger partial charge in [0.1, 0.15) is 5.75 Å². The van der Waals surface area contributed by atoms with E-state index >= 15 is 0 Å². The summed E-state index contributed by atoms with van der Waals surface area (Å²) in [5.41, 5.74) is 0.